The van der Waals surface area contributed by atoms with Gasteiger partial charge in [-0.25, -0.2) is 9.59 Å². The van der Waals surface area contributed by atoms with Gasteiger partial charge in [-0.05, 0) is 43.2 Å². The minimum Gasteiger partial charge on any atom is -0.489 e. The zero-order valence-corrected chi connectivity index (χ0v) is 12.1. The van der Waals surface area contributed by atoms with Crippen LogP contribution in [0.5, 0.6) is 5.75 Å². The third-order valence-electron chi connectivity index (χ3n) is 2.40. The Balaban J connectivity index is 2.88. The van der Waals surface area contributed by atoms with Crippen LogP contribution in [0.3, 0.4) is 0 Å². The standard InChI is InChI=1S/C16H18O5/c1-4-20-16(19)14(15(17)18)9-12-5-7-13(8-6-12)21-10-11(2)3/h5-9H,2,4,10H2,1,3H3,(H,17,18)/b14-9+. The molecule has 21 heavy (non-hydrogen) atoms. The second-order valence-electron chi connectivity index (χ2n) is 4.40. The molecule has 0 saturated carbocycles. The van der Waals surface area contributed by atoms with Gasteiger partial charge in [0.05, 0.1) is 6.61 Å². The summed E-state index contributed by atoms with van der Waals surface area (Å²) >= 11 is 0. The summed E-state index contributed by atoms with van der Waals surface area (Å²) in [6, 6.07) is 6.71. The monoisotopic (exact) mass is 290 g/mol. The maximum atomic E-state index is 11.5. The molecule has 0 spiro atoms. The highest BCUT2D eigenvalue weighted by molar-refractivity contribution is 6.17. The Morgan fingerprint density at radius 2 is 1.90 bits per heavy atom. The van der Waals surface area contributed by atoms with E-state index in [0.717, 1.165) is 5.57 Å². The molecular formula is C16H18O5. The Labute approximate surface area is 123 Å². The number of hydrogen-bond acceptors (Lipinski definition) is 4. The van der Waals surface area contributed by atoms with Crippen LogP contribution in [0.25, 0.3) is 6.08 Å². The van der Waals surface area contributed by atoms with E-state index in [4.69, 9.17) is 14.6 Å². The van der Waals surface area contributed by atoms with Gasteiger partial charge in [0, 0.05) is 0 Å². The van der Waals surface area contributed by atoms with Gasteiger partial charge in [-0.3, -0.25) is 0 Å². The van der Waals surface area contributed by atoms with Crippen molar-refractivity contribution in [3.05, 3.63) is 47.6 Å². The molecule has 0 atom stereocenters. The number of rotatable bonds is 7. The summed E-state index contributed by atoms with van der Waals surface area (Å²) in [5, 5.41) is 9.03. The number of hydrogen-bond donors (Lipinski definition) is 1. The van der Waals surface area contributed by atoms with Crippen molar-refractivity contribution in [1.82, 2.24) is 0 Å². The molecule has 0 aromatic heterocycles. The first-order chi connectivity index (χ1) is 9.93. The van der Waals surface area contributed by atoms with E-state index in [1.54, 1.807) is 31.2 Å². The molecule has 1 aromatic rings. The van der Waals surface area contributed by atoms with E-state index >= 15 is 0 Å². The van der Waals surface area contributed by atoms with Crippen molar-refractivity contribution in [2.75, 3.05) is 13.2 Å². The van der Waals surface area contributed by atoms with Gasteiger partial charge in [-0.2, -0.15) is 0 Å². The molecule has 0 aliphatic rings. The Morgan fingerprint density at radius 1 is 1.29 bits per heavy atom. The lowest BCUT2D eigenvalue weighted by molar-refractivity contribution is -0.143. The van der Waals surface area contributed by atoms with Crippen molar-refractivity contribution in [3.63, 3.8) is 0 Å². The normalized spacial score (nSPS) is 10.9. The van der Waals surface area contributed by atoms with E-state index in [0.29, 0.717) is 17.9 Å². The van der Waals surface area contributed by atoms with Crippen LogP contribution in [0.1, 0.15) is 19.4 Å². The van der Waals surface area contributed by atoms with E-state index in [1.807, 2.05) is 6.92 Å². The van der Waals surface area contributed by atoms with Crippen LogP contribution in [0.15, 0.2) is 42.0 Å². The quantitative estimate of drug-likeness (QED) is 0.275. The molecule has 112 valence electrons. The third-order valence-corrected chi connectivity index (χ3v) is 2.40. The number of carbonyl (C=O) groups excluding carboxylic acids is 1. The van der Waals surface area contributed by atoms with Crippen molar-refractivity contribution < 1.29 is 24.2 Å². The Hall–Kier alpha value is -2.56. The molecular weight excluding hydrogens is 272 g/mol. The van der Waals surface area contributed by atoms with Crippen LogP contribution in [-0.2, 0) is 14.3 Å². The fourth-order valence-electron chi connectivity index (χ4n) is 1.45. The van der Waals surface area contributed by atoms with Gasteiger partial charge in [0.2, 0.25) is 0 Å². The fraction of sp³-hybridized carbons (Fsp3) is 0.250. The van der Waals surface area contributed by atoms with Gasteiger partial charge in [0.15, 0.2) is 0 Å². The number of benzene rings is 1. The summed E-state index contributed by atoms with van der Waals surface area (Å²) in [5.41, 5.74) is 1.06. The maximum Gasteiger partial charge on any atom is 0.345 e. The topological polar surface area (TPSA) is 72.8 Å². The molecule has 1 aromatic carbocycles. The Bertz CT molecular complexity index is 555. The first-order valence-electron chi connectivity index (χ1n) is 6.43. The predicted octanol–water partition coefficient (Wildman–Crippen LogP) is 2.67. The summed E-state index contributed by atoms with van der Waals surface area (Å²) in [6.45, 7) is 7.74. The Kier molecular flexibility index (Phi) is 6.20. The number of carboxylic acid groups (broad SMARTS) is 1. The number of aliphatic carboxylic acids is 1. The summed E-state index contributed by atoms with van der Waals surface area (Å²) in [7, 11) is 0. The molecule has 0 radical (unpaired) electrons. The molecule has 1 rings (SSSR count). The van der Waals surface area contributed by atoms with Crippen LogP contribution in [-0.4, -0.2) is 30.3 Å². The molecule has 0 bridgehead atoms. The molecule has 1 N–H and O–H groups in total. The first kappa shape index (κ1) is 16.5. The fourth-order valence-corrected chi connectivity index (χ4v) is 1.45. The van der Waals surface area contributed by atoms with E-state index < -0.39 is 17.5 Å². The predicted molar refractivity (Wildman–Crippen MR) is 79.0 cm³/mol. The number of carboxylic acids is 1. The maximum absolute atomic E-state index is 11.5. The zero-order valence-electron chi connectivity index (χ0n) is 12.1. The third kappa shape index (κ3) is 5.52. The van der Waals surface area contributed by atoms with E-state index in [-0.39, 0.29) is 6.61 Å². The van der Waals surface area contributed by atoms with Gasteiger partial charge in [0.25, 0.3) is 0 Å². The van der Waals surface area contributed by atoms with Gasteiger partial charge in [-0.15, -0.1) is 0 Å². The molecule has 0 saturated heterocycles. The second kappa shape index (κ2) is 7.89. The van der Waals surface area contributed by atoms with E-state index in [2.05, 4.69) is 6.58 Å². The van der Waals surface area contributed by atoms with Crippen molar-refractivity contribution in [1.29, 1.82) is 0 Å². The summed E-state index contributed by atoms with van der Waals surface area (Å²) in [5.74, 6) is -1.54. The number of ether oxygens (including phenoxy) is 2. The lowest BCUT2D eigenvalue weighted by Gasteiger charge is -2.06. The minimum absolute atomic E-state index is 0.122. The highest BCUT2D eigenvalue weighted by Gasteiger charge is 2.18. The van der Waals surface area contributed by atoms with Gasteiger partial charge in [0.1, 0.15) is 17.9 Å². The van der Waals surface area contributed by atoms with Crippen LogP contribution < -0.4 is 4.74 Å². The number of carbonyl (C=O) groups is 2. The minimum atomic E-state index is -1.32. The summed E-state index contributed by atoms with van der Waals surface area (Å²) < 4.78 is 10.1. The molecule has 0 heterocycles. The second-order valence-corrected chi connectivity index (χ2v) is 4.40. The molecule has 5 nitrogen and oxygen atoms in total. The van der Waals surface area contributed by atoms with Crippen molar-refractivity contribution in [2.45, 2.75) is 13.8 Å². The summed E-state index contributed by atoms with van der Waals surface area (Å²) in [4.78, 5) is 22.6. The lowest BCUT2D eigenvalue weighted by Crippen LogP contribution is -2.15. The first-order valence-corrected chi connectivity index (χ1v) is 6.43. The molecule has 0 fully saturated rings. The van der Waals surface area contributed by atoms with Crippen molar-refractivity contribution in [2.24, 2.45) is 0 Å². The van der Waals surface area contributed by atoms with Gasteiger partial charge in [-0.1, -0.05) is 18.7 Å². The summed E-state index contributed by atoms with van der Waals surface area (Å²) in [6.07, 6.45) is 1.27. The number of esters is 1. The highest BCUT2D eigenvalue weighted by Crippen LogP contribution is 2.16. The molecule has 0 unspecified atom stereocenters. The van der Waals surface area contributed by atoms with Crippen LogP contribution >= 0.6 is 0 Å². The molecule has 0 amide bonds. The zero-order chi connectivity index (χ0) is 15.8. The van der Waals surface area contributed by atoms with Crippen LogP contribution in [0.4, 0.5) is 0 Å². The average molecular weight is 290 g/mol. The van der Waals surface area contributed by atoms with E-state index in [9.17, 15) is 9.59 Å². The van der Waals surface area contributed by atoms with Gasteiger partial charge < -0.3 is 14.6 Å². The largest absolute Gasteiger partial charge is 0.489 e. The SMILES string of the molecule is C=C(C)COc1ccc(/C=C(\C(=O)O)C(=O)OCC)cc1. The van der Waals surface area contributed by atoms with Crippen LogP contribution in [0.2, 0.25) is 0 Å². The smallest absolute Gasteiger partial charge is 0.345 e. The molecule has 5 heteroatoms. The van der Waals surface area contributed by atoms with Crippen LogP contribution in [0, 0.1) is 0 Å². The van der Waals surface area contributed by atoms with Crippen molar-refractivity contribution >= 4 is 18.0 Å². The van der Waals surface area contributed by atoms with Crippen molar-refractivity contribution in [3.8, 4) is 5.75 Å². The van der Waals surface area contributed by atoms with Gasteiger partial charge >= 0.3 is 11.9 Å². The van der Waals surface area contributed by atoms with E-state index in [1.165, 1.54) is 6.08 Å². The highest BCUT2D eigenvalue weighted by atomic mass is 16.5. The molecule has 0 aliphatic heterocycles. The lowest BCUT2D eigenvalue weighted by atomic mass is 10.1. The Morgan fingerprint density at radius 3 is 2.38 bits per heavy atom. The average Bonchev–Trinajstić information content (AvgIpc) is 2.43. The molecule has 0 aliphatic carbocycles.